The van der Waals surface area contributed by atoms with Gasteiger partial charge in [0.05, 0.1) is 11.6 Å². The van der Waals surface area contributed by atoms with Crippen molar-refractivity contribution < 1.29 is 0 Å². The molecule has 62 heavy (non-hydrogen) atoms. The van der Waals surface area contributed by atoms with Crippen LogP contribution in [0.3, 0.4) is 0 Å². The van der Waals surface area contributed by atoms with E-state index in [0.717, 1.165) is 83.5 Å². The van der Waals surface area contributed by atoms with Gasteiger partial charge in [-0.15, -0.1) is 0 Å². The first kappa shape index (κ1) is 38.2. The van der Waals surface area contributed by atoms with E-state index in [1.807, 2.05) is 18.2 Å². The minimum Gasteiger partial charge on any atom is -0.208 e. The molecule has 0 saturated carbocycles. The number of benzene rings is 9. The van der Waals surface area contributed by atoms with Gasteiger partial charge in [0.1, 0.15) is 0 Å². The van der Waals surface area contributed by atoms with Crippen molar-refractivity contribution in [2.45, 2.75) is 27.7 Å². The van der Waals surface area contributed by atoms with Crippen LogP contribution in [0, 0.1) is 39.0 Å². The molecule has 0 saturated heterocycles. The Morgan fingerprint density at radius 2 is 0.806 bits per heavy atom. The molecule has 1 aromatic heterocycles. The van der Waals surface area contributed by atoms with Gasteiger partial charge in [-0.05, 0) is 148 Å². The van der Waals surface area contributed by atoms with Crippen molar-refractivity contribution >= 4 is 21.5 Å². The minimum absolute atomic E-state index is 0.595. The Hall–Kier alpha value is -8.00. The third kappa shape index (κ3) is 7.42. The lowest BCUT2D eigenvalue weighted by atomic mass is 9.89. The smallest absolute Gasteiger partial charge is 0.164 e. The molecular weight excluding hydrogens is 753 g/mol. The first-order valence-electron chi connectivity index (χ1n) is 21.0. The molecule has 10 aromatic rings. The van der Waals surface area contributed by atoms with Gasteiger partial charge in [-0.3, -0.25) is 0 Å². The summed E-state index contributed by atoms with van der Waals surface area (Å²) in [4.78, 5) is 15.5. The van der Waals surface area contributed by atoms with Gasteiger partial charge in [0, 0.05) is 16.7 Å². The van der Waals surface area contributed by atoms with Crippen LogP contribution in [0.15, 0.2) is 182 Å². The molecule has 0 unspecified atom stereocenters. The number of aromatic nitrogens is 3. The molecular formula is C58H42N4. The SMILES string of the molecule is Cc1cc(C)cc(-c2nc(-c3cc(C)cc(C)c3)nc(-c3ccccc3-c3ccccc3-c3cc(C#N)cc(-c4cccc(-c5ccc6c(ccc7ccccc76)c5)c4)c3)n2)c1. The van der Waals surface area contributed by atoms with Gasteiger partial charge >= 0.3 is 0 Å². The van der Waals surface area contributed by atoms with Gasteiger partial charge in [-0.1, -0.05) is 150 Å². The summed E-state index contributed by atoms with van der Waals surface area (Å²) in [5, 5.41) is 15.3. The lowest BCUT2D eigenvalue weighted by Gasteiger charge is -2.16. The molecule has 0 aliphatic heterocycles. The van der Waals surface area contributed by atoms with Crippen molar-refractivity contribution in [1.29, 1.82) is 5.26 Å². The van der Waals surface area contributed by atoms with Crippen LogP contribution in [-0.2, 0) is 0 Å². The maximum Gasteiger partial charge on any atom is 0.164 e. The zero-order chi connectivity index (χ0) is 42.3. The predicted molar refractivity (Wildman–Crippen MR) is 257 cm³/mol. The summed E-state index contributed by atoms with van der Waals surface area (Å²) < 4.78 is 0. The standard InChI is InChI=1S/C58H42N4/c1-36-24-37(2)27-48(26-36)56-60-57(49-28-38(3)25-39(4)29-49)62-58(61-56)55-19-10-9-18-54(55)53-17-8-7-16-51(53)47-31-40(35-59)30-46(34-47)43-14-11-13-42(32-43)44-22-23-52-45(33-44)21-20-41-12-5-6-15-50(41)52/h5-34H,1-4H3. The van der Waals surface area contributed by atoms with E-state index < -0.39 is 0 Å². The Morgan fingerprint density at radius 1 is 0.323 bits per heavy atom. The minimum atomic E-state index is 0.595. The van der Waals surface area contributed by atoms with Crippen LogP contribution in [0.25, 0.3) is 100 Å². The zero-order valence-electron chi connectivity index (χ0n) is 35.1. The average Bonchev–Trinajstić information content (AvgIpc) is 3.30. The van der Waals surface area contributed by atoms with Gasteiger partial charge in [0.2, 0.25) is 0 Å². The molecule has 4 nitrogen and oxygen atoms in total. The molecule has 0 atom stereocenters. The lowest BCUT2D eigenvalue weighted by Crippen LogP contribution is -2.02. The highest BCUT2D eigenvalue weighted by Crippen LogP contribution is 2.40. The number of nitrogens with zero attached hydrogens (tertiary/aromatic N) is 4. The summed E-state index contributed by atoms with van der Waals surface area (Å²) in [5.41, 5.74) is 16.2. The monoisotopic (exact) mass is 794 g/mol. The third-order valence-corrected chi connectivity index (χ3v) is 11.6. The number of hydrogen-bond donors (Lipinski definition) is 0. The fourth-order valence-electron chi connectivity index (χ4n) is 8.93. The summed E-state index contributed by atoms with van der Waals surface area (Å²) in [7, 11) is 0. The number of hydrogen-bond acceptors (Lipinski definition) is 4. The highest BCUT2D eigenvalue weighted by atomic mass is 15.0. The average molecular weight is 795 g/mol. The zero-order valence-corrected chi connectivity index (χ0v) is 35.1. The molecule has 0 spiro atoms. The Morgan fingerprint density at radius 3 is 1.47 bits per heavy atom. The van der Waals surface area contributed by atoms with Crippen LogP contribution in [0.5, 0.6) is 0 Å². The van der Waals surface area contributed by atoms with Gasteiger partial charge in [-0.25, -0.2) is 15.0 Å². The summed E-state index contributed by atoms with van der Waals surface area (Å²) in [6.45, 7) is 8.41. The maximum absolute atomic E-state index is 10.4. The van der Waals surface area contributed by atoms with E-state index in [9.17, 15) is 5.26 Å². The molecule has 4 heteroatoms. The number of fused-ring (bicyclic) bond motifs is 3. The van der Waals surface area contributed by atoms with Gasteiger partial charge < -0.3 is 0 Å². The van der Waals surface area contributed by atoms with Crippen molar-refractivity contribution in [3.63, 3.8) is 0 Å². The molecule has 9 aromatic carbocycles. The van der Waals surface area contributed by atoms with Crippen LogP contribution in [0.2, 0.25) is 0 Å². The predicted octanol–water partition coefficient (Wildman–Crippen LogP) is 15.0. The van der Waals surface area contributed by atoms with Crippen molar-refractivity contribution in [2.75, 3.05) is 0 Å². The van der Waals surface area contributed by atoms with Crippen molar-refractivity contribution in [1.82, 2.24) is 15.0 Å². The first-order chi connectivity index (χ1) is 30.3. The van der Waals surface area contributed by atoms with Crippen molar-refractivity contribution in [3.8, 4) is 84.7 Å². The first-order valence-corrected chi connectivity index (χ1v) is 21.0. The fourth-order valence-corrected chi connectivity index (χ4v) is 8.93. The molecule has 1 heterocycles. The quantitative estimate of drug-likeness (QED) is 0.151. The van der Waals surface area contributed by atoms with E-state index in [1.165, 1.54) is 21.5 Å². The highest BCUT2D eigenvalue weighted by Gasteiger charge is 2.19. The highest BCUT2D eigenvalue weighted by molar-refractivity contribution is 6.08. The van der Waals surface area contributed by atoms with E-state index in [0.29, 0.717) is 23.0 Å². The lowest BCUT2D eigenvalue weighted by molar-refractivity contribution is 1.07. The Bertz CT molecular complexity index is 3320. The Kier molecular flexibility index (Phi) is 9.79. The van der Waals surface area contributed by atoms with Crippen molar-refractivity contribution in [3.05, 3.63) is 210 Å². The molecule has 0 fully saturated rings. The van der Waals surface area contributed by atoms with Gasteiger partial charge in [0.15, 0.2) is 17.5 Å². The van der Waals surface area contributed by atoms with Crippen LogP contribution in [-0.4, -0.2) is 15.0 Å². The maximum atomic E-state index is 10.4. The molecule has 10 rings (SSSR count). The van der Waals surface area contributed by atoms with E-state index >= 15 is 0 Å². The van der Waals surface area contributed by atoms with Crippen LogP contribution in [0.1, 0.15) is 27.8 Å². The number of aryl methyl sites for hydroxylation is 4. The molecule has 0 bridgehead atoms. The van der Waals surface area contributed by atoms with Crippen LogP contribution in [0.4, 0.5) is 0 Å². The van der Waals surface area contributed by atoms with Crippen LogP contribution < -0.4 is 0 Å². The largest absolute Gasteiger partial charge is 0.208 e. The van der Waals surface area contributed by atoms with Crippen LogP contribution >= 0.6 is 0 Å². The Balaban J connectivity index is 1.08. The Labute approximate surface area is 362 Å². The second-order valence-electron chi connectivity index (χ2n) is 16.4. The molecule has 0 amide bonds. The molecule has 294 valence electrons. The summed E-state index contributed by atoms with van der Waals surface area (Å²) >= 11 is 0. The van der Waals surface area contributed by atoms with Crippen molar-refractivity contribution in [2.24, 2.45) is 0 Å². The second kappa shape index (κ2) is 15.9. The number of nitriles is 1. The fraction of sp³-hybridized carbons (Fsp3) is 0.0690. The third-order valence-electron chi connectivity index (χ3n) is 11.6. The van der Waals surface area contributed by atoms with Gasteiger partial charge in [-0.2, -0.15) is 5.26 Å². The van der Waals surface area contributed by atoms with E-state index in [1.54, 1.807) is 0 Å². The molecule has 0 radical (unpaired) electrons. The van der Waals surface area contributed by atoms with E-state index in [-0.39, 0.29) is 0 Å². The summed E-state index contributed by atoms with van der Waals surface area (Å²) in [5.74, 6) is 1.86. The summed E-state index contributed by atoms with van der Waals surface area (Å²) in [6, 6.07) is 66.5. The molecule has 0 N–H and O–H groups in total. The summed E-state index contributed by atoms with van der Waals surface area (Å²) in [6.07, 6.45) is 0. The topological polar surface area (TPSA) is 62.5 Å². The normalized spacial score (nSPS) is 11.2. The number of rotatable bonds is 7. The second-order valence-corrected chi connectivity index (χ2v) is 16.4. The molecule has 0 aliphatic carbocycles. The van der Waals surface area contributed by atoms with Gasteiger partial charge in [0.25, 0.3) is 0 Å². The van der Waals surface area contributed by atoms with E-state index in [4.69, 9.17) is 15.0 Å². The van der Waals surface area contributed by atoms with E-state index in [2.05, 4.69) is 198 Å². The molecule has 0 aliphatic rings.